The summed E-state index contributed by atoms with van der Waals surface area (Å²) in [6.07, 6.45) is 2.07. The molecule has 0 radical (unpaired) electrons. The quantitative estimate of drug-likeness (QED) is 0.458. The molecule has 1 aliphatic rings. The van der Waals surface area contributed by atoms with Crippen LogP contribution in [0.15, 0.2) is 86.7 Å². The van der Waals surface area contributed by atoms with Crippen LogP contribution in [-0.2, 0) is 5.41 Å². The predicted molar refractivity (Wildman–Crippen MR) is 103 cm³/mol. The second kappa shape index (κ2) is 5.73. The maximum Gasteiger partial charge on any atom is 0.0826 e. The summed E-state index contributed by atoms with van der Waals surface area (Å²) >= 11 is 7.28. The van der Waals surface area contributed by atoms with E-state index in [9.17, 15) is 0 Å². The van der Waals surface area contributed by atoms with Gasteiger partial charge in [-0.15, -0.1) is 0 Å². The third-order valence-electron chi connectivity index (χ3n) is 4.30. The van der Waals surface area contributed by atoms with Gasteiger partial charge in [0.05, 0.1) is 11.1 Å². The standard InChI is InChI=1S/C20H13Br2N/c21-16-11-17-19(18(22)12-16)23-13-20(17,14-7-3-1-4-8-14)15-9-5-2-6-10-15/h1-13H. The fourth-order valence-corrected chi connectivity index (χ4v) is 4.59. The summed E-state index contributed by atoms with van der Waals surface area (Å²) in [6.45, 7) is 0. The highest BCUT2D eigenvalue weighted by atomic mass is 79.9. The maximum absolute atomic E-state index is 4.75. The summed E-state index contributed by atoms with van der Waals surface area (Å²) in [5.41, 5.74) is 4.28. The number of fused-ring (bicyclic) bond motifs is 1. The fourth-order valence-electron chi connectivity index (χ4n) is 3.26. The molecule has 0 fully saturated rings. The summed E-state index contributed by atoms with van der Waals surface area (Å²) in [5, 5.41) is 0. The molecule has 1 nitrogen and oxygen atoms in total. The summed E-state index contributed by atoms with van der Waals surface area (Å²) in [5.74, 6) is 0. The minimum Gasteiger partial charge on any atom is -0.258 e. The summed E-state index contributed by atoms with van der Waals surface area (Å²) in [6, 6.07) is 25.3. The Morgan fingerprint density at radius 2 is 1.30 bits per heavy atom. The minimum absolute atomic E-state index is 0.357. The van der Waals surface area contributed by atoms with Crippen molar-refractivity contribution in [2.75, 3.05) is 0 Å². The van der Waals surface area contributed by atoms with Crippen LogP contribution < -0.4 is 0 Å². The van der Waals surface area contributed by atoms with Gasteiger partial charge in [-0.3, -0.25) is 4.99 Å². The molecule has 4 rings (SSSR count). The molecule has 3 aromatic rings. The Bertz CT molecular complexity index is 847. The van der Waals surface area contributed by atoms with Gasteiger partial charge in [0.2, 0.25) is 0 Å². The normalized spacial score (nSPS) is 14.7. The van der Waals surface area contributed by atoms with Gasteiger partial charge in [0.15, 0.2) is 0 Å². The van der Waals surface area contributed by atoms with Crippen molar-refractivity contribution in [1.29, 1.82) is 0 Å². The number of hydrogen-bond acceptors (Lipinski definition) is 1. The number of benzene rings is 3. The average molecular weight is 427 g/mol. The van der Waals surface area contributed by atoms with Gasteiger partial charge in [0.25, 0.3) is 0 Å². The predicted octanol–water partition coefficient (Wildman–Crippen LogP) is 6.26. The lowest BCUT2D eigenvalue weighted by molar-refractivity contribution is 0.866. The van der Waals surface area contributed by atoms with Crippen LogP contribution in [0, 0.1) is 0 Å². The molecule has 0 aliphatic carbocycles. The molecule has 3 aromatic carbocycles. The number of aliphatic imine (C=N–C) groups is 1. The number of nitrogens with zero attached hydrogens (tertiary/aromatic N) is 1. The molecular weight excluding hydrogens is 414 g/mol. The van der Waals surface area contributed by atoms with Gasteiger partial charge in [-0.25, -0.2) is 0 Å². The van der Waals surface area contributed by atoms with Crippen molar-refractivity contribution in [2.45, 2.75) is 5.41 Å². The van der Waals surface area contributed by atoms with Crippen molar-refractivity contribution in [3.05, 3.63) is 98.4 Å². The van der Waals surface area contributed by atoms with Gasteiger partial charge >= 0.3 is 0 Å². The molecule has 0 N–H and O–H groups in total. The summed E-state index contributed by atoms with van der Waals surface area (Å²) in [7, 11) is 0. The van der Waals surface area contributed by atoms with Crippen LogP contribution in [-0.4, -0.2) is 6.21 Å². The van der Waals surface area contributed by atoms with Crippen molar-refractivity contribution >= 4 is 43.8 Å². The van der Waals surface area contributed by atoms with Crippen molar-refractivity contribution in [2.24, 2.45) is 4.99 Å². The first-order valence-corrected chi connectivity index (χ1v) is 8.96. The molecule has 23 heavy (non-hydrogen) atoms. The highest BCUT2D eigenvalue weighted by molar-refractivity contribution is 9.11. The summed E-state index contributed by atoms with van der Waals surface area (Å²) in [4.78, 5) is 4.75. The Morgan fingerprint density at radius 3 is 1.87 bits per heavy atom. The van der Waals surface area contributed by atoms with Crippen molar-refractivity contribution in [3.8, 4) is 0 Å². The monoisotopic (exact) mass is 425 g/mol. The number of halogens is 2. The Morgan fingerprint density at radius 1 is 0.739 bits per heavy atom. The first-order chi connectivity index (χ1) is 11.2. The molecule has 0 aromatic heterocycles. The molecule has 0 unspecified atom stereocenters. The van der Waals surface area contributed by atoms with E-state index in [1.807, 2.05) is 18.2 Å². The fraction of sp³-hybridized carbons (Fsp3) is 0.0500. The van der Waals surface area contributed by atoms with E-state index in [4.69, 9.17) is 4.99 Å². The Labute approximate surface area is 152 Å². The molecule has 1 aliphatic heterocycles. The molecule has 0 bridgehead atoms. The van der Waals surface area contributed by atoms with E-state index >= 15 is 0 Å². The Balaban J connectivity index is 2.08. The van der Waals surface area contributed by atoms with Crippen molar-refractivity contribution < 1.29 is 0 Å². The van der Waals surface area contributed by atoms with Gasteiger partial charge in [-0.05, 0) is 39.2 Å². The molecule has 3 heteroatoms. The maximum atomic E-state index is 4.75. The molecule has 0 amide bonds. The van der Waals surface area contributed by atoms with Crippen LogP contribution in [0.5, 0.6) is 0 Å². The molecule has 0 spiro atoms. The molecule has 1 heterocycles. The van der Waals surface area contributed by atoms with Crippen LogP contribution in [0.2, 0.25) is 0 Å². The molecular formula is C20H13Br2N. The van der Waals surface area contributed by atoms with E-state index in [0.717, 1.165) is 14.6 Å². The van der Waals surface area contributed by atoms with Crippen LogP contribution >= 0.6 is 31.9 Å². The third kappa shape index (κ3) is 2.30. The van der Waals surface area contributed by atoms with E-state index < -0.39 is 0 Å². The SMILES string of the molecule is Brc1cc(Br)c2c(c1)C(c1ccccc1)(c1ccccc1)C=N2. The number of rotatable bonds is 2. The lowest BCUT2D eigenvalue weighted by Gasteiger charge is -2.29. The zero-order chi connectivity index (χ0) is 15.9. The lowest BCUT2D eigenvalue weighted by Crippen LogP contribution is -2.28. The molecule has 0 atom stereocenters. The van der Waals surface area contributed by atoms with Crippen LogP contribution in [0.25, 0.3) is 0 Å². The molecule has 0 saturated heterocycles. The smallest absolute Gasteiger partial charge is 0.0826 e. The Kier molecular flexibility index (Phi) is 3.70. The highest BCUT2D eigenvalue weighted by Crippen LogP contribution is 2.49. The second-order valence-electron chi connectivity index (χ2n) is 5.58. The van der Waals surface area contributed by atoms with Crippen LogP contribution in [0.1, 0.15) is 16.7 Å². The van der Waals surface area contributed by atoms with E-state index in [0.29, 0.717) is 0 Å². The zero-order valence-electron chi connectivity index (χ0n) is 12.2. The molecule has 112 valence electrons. The van der Waals surface area contributed by atoms with E-state index in [1.165, 1.54) is 16.7 Å². The van der Waals surface area contributed by atoms with E-state index in [1.54, 1.807) is 0 Å². The highest BCUT2D eigenvalue weighted by Gasteiger charge is 2.40. The lowest BCUT2D eigenvalue weighted by atomic mass is 9.71. The Hall–Kier alpha value is -1.71. The van der Waals surface area contributed by atoms with Gasteiger partial charge in [-0.2, -0.15) is 0 Å². The first-order valence-electron chi connectivity index (χ1n) is 7.37. The second-order valence-corrected chi connectivity index (χ2v) is 7.35. The van der Waals surface area contributed by atoms with Crippen LogP contribution in [0.4, 0.5) is 5.69 Å². The molecule has 0 saturated carbocycles. The number of hydrogen-bond donors (Lipinski definition) is 0. The van der Waals surface area contributed by atoms with Gasteiger partial charge in [0, 0.05) is 20.7 Å². The third-order valence-corrected chi connectivity index (χ3v) is 5.36. The van der Waals surface area contributed by atoms with Crippen molar-refractivity contribution in [3.63, 3.8) is 0 Å². The van der Waals surface area contributed by atoms with Gasteiger partial charge < -0.3 is 0 Å². The first kappa shape index (κ1) is 14.9. The zero-order valence-corrected chi connectivity index (χ0v) is 15.4. The summed E-state index contributed by atoms with van der Waals surface area (Å²) < 4.78 is 2.05. The van der Waals surface area contributed by atoms with Gasteiger partial charge in [0.1, 0.15) is 0 Å². The van der Waals surface area contributed by atoms with Gasteiger partial charge in [-0.1, -0.05) is 76.6 Å². The van der Waals surface area contributed by atoms with E-state index in [2.05, 4.69) is 92.7 Å². The largest absolute Gasteiger partial charge is 0.258 e. The topological polar surface area (TPSA) is 12.4 Å². The van der Waals surface area contributed by atoms with Crippen molar-refractivity contribution in [1.82, 2.24) is 0 Å². The van der Waals surface area contributed by atoms with Crippen LogP contribution in [0.3, 0.4) is 0 Å². The average Bonchev–Trinajstić information content (AvgIpc) is 2.97. The van der Waals surface area contributed by atoms with E-state index in [-0.39, 0.29) is 5.41 Å². The minimum atomic E-state index is -0.357.